The first-order valence-electron chi connectivity index (χ1n) is 5.83. The molecule has 1 aromatic carbocycles. The predicted molar refractivity (Wildman–Crippen MR) is 75.9 cm³/mol. The van der Waals surface area contributed by atoms with E-state index in [9.17, 15) is 4.39 Å². The van der Waals surface area contributed by atoms with Crippen molar-refractivity contribution in [3.63, 3.8) is 0 Å². The number of ether oxygens (including phenoxy) is 1. The Bertz CT molecular complexity index is 590. The van der Waals surface area contributed by atoms with Crippen LogP contribution in [0.3, 0.4) is 0 Å². The summed E-state index contributed by atoms with van der Waals surface area (Å²) < 4.78 is 19.8. The van der Waals surface area contributed by atoms with E-state index < -0.39 is 0 Å². The van der Waals surface area contributed by atoms with Crippen LogP contribution in [0.4, 0.5) is 4.39 Å². The van der Waals surface area contributed by atoms with Gasteiger partial charge in [0.15, 0.2) is 0 Å². The number of halogens is 2. The fourth-order valence-corrected chi connectivity index (χ4v) is 2.24. The summed E-state index contributed by atoms with van der Waals surface area (Å²) in [4.78, 5) is 4.00. The van der Waals surface area contributed by atoms with Crippen LogP contribution in [0, 0.1) is 12.7 Å². The molecule has 0 fully saturated rings. The van der Waals surface area contributed by atoms with Gasteiger partial charge >= 0.3 is 0 Å². The van der Waals surface area contributed by atoms with Gasteiger partial charge in [-0.1, -0.05) is 6.07 Å². The van der Waals surface area contributed by atoms with E-state index in [1.54, 1.807) is 7.05 Å². The summed E-state index contributed by atoms with van der Waals surface area (Å²) in [5.41, 5.74) is 1.80. The average molecular weight is 325 g/mol. The smallest absolute Gasteiger partial charge is 0.223 e. The molecule has 0 spiro atoms. The Morgan fingerprint density at radius 1 is 1.37 bits per heavy atom. The third-order valence-corrected chi connectivity index (χ3v) is 3.17. The molecule has 19 heavy (non-hydrogen) atoms. The van der Waals surface area contributed by atoms with Gasteiger partial charge in [-0.15, -0.1) is 0 Å². The molecule has 0 aliphatic heterocycles. The molecule has 100 valence electrons. The molecule has 1 N–H and O–H groups in total. The molecule has 0 aliphatic rings. The molecule has 0 unspecified atom stereocenters. The standard InChI is InChI=1S/C14H14BrFN2O/c1-9-3-4-13(12(15)5-9)19-14-10(7-17-2)6-11(16)8-18-14/h3-6,8,17H,7H2,1-2H3. The van der Waals surface area contributed by atoms with Gasteiger partial charge in [0.2, 0.25) is 5.88 Å². The molecule has 0 saturated heterocycles. The molecule has 3 nitrogen and oxygen atoms in total. The van der Waals surface area contributed by atoms with Crippen molar-refractivity contribution in [2.24, 2.45) is 0 Å². The van der Waals surface area contributed by atoms with Gasteiger partial charge in [-0.2, -0.15) is 0 Å². The first-order chi connectivity index (χ1) is 9.10. The van der Waals surface area contributed by atoms with E-state index in [2.05, 4.69) is 26.2 Å². The van der Waals surface area contributed by atoms with Crippen LogP contribution >= 0.6 is 15.9 Å². The second-order valence-electron chi connectivity index (χ2n) is 4.18. The zero-order valence-corrected chi connectivity index (χ0v) is 12.3. The van der Waals surface area contributed by atoms with E-state index in [1.165, 1.54) is 6.07 Å². The SMILES string of the molecule is CNCc1cc(F)cnc1Oc1ccc(C)cc1Br. The van der Waals surface area contributed by atoms with Crippen molar-refractivity contribution in [2.75, 3.05) is 7.05 Å². The van der Waals surface area contributed by atoms with E-state index in [0.717, 1.165) is 16.2 Å². The Hall–Kier alpha value is -1.46. The van der Waals surface area contributed by atoms with Crippen molar-refractivity contribution in [2.45, 2.75) is 13.5 Å². The number of hydrogen-bond donors (Lipinski definition) is 1. The Morgan fingerprint density at radius 2 is 2.16 bits per heavy atom. The maximum Gasteiger partial charge on any atom is 0.223 e. The minimum atomic E-state index is -0.374. The van der Waals surface area contributed by atoms with Gasteiger partial charge in [0, 0.05) is 12.1 Å². The first-order valence-corrected chi connectivity index (χ1v) is 6.62. The Labute approximate surface area is 119 Å². The number of aryl methyl sites for hydroxylation is 1. The lowest BCUT2D eigenvalue weighted by Crippen LogP contribution is -2.08. The topological polar surface area (TPSA) is 34.2 Å². The second kappa shape index (κ2) is 6.12. The van der Waals surface area contributed by atoms with Crippen molar-refractivity contribution < 1.29 is 9.13 Å². The van der Waals surface area contributed by atoms with Crippen LogP contribution in [0.1, 0.15) is 11.1 Å². The van der Waals surface area contributed by atoms with Crippen LogP contribution in [-0.2, 0) is 6.54 Å². The molecule has 1 aromatic heterocycles. The summed E-state index contributed by atoms with van der Waals surface area (Å²) in [6.45, 7) is 2.49. The van der Waals surface area contributed by atoms with Gasteiger partial charge in [-0.25, -0.2) is 9.37 Å². The van der Waals surface area contributed by atoms with E-state index in [1.807, 2.05) is 25.1 Å². The monoisotopic (exact) mass is 324 g/mol. The van der Waals surface area contributed by atoms with Gasteiger partial charge in [0.1, 0.15) is 11.6 Å². The molecule has 2 rings (SSSR count). The molecular weight excluding hydrogens is 311 g/mol. The predicted octanol–water partition coefficient (Wildman–Crippen LogP) is 3.80. The minimum Gasteiger partial charge on any atom is -0.438 e. The molecule has 0 atom stereocenters. The fourth-order valence-electron chi connectivity index (χ4n) is 1.67. The Balaban J connectivity index is 2.32. The molecule has 0 radical (unpaired) electrons. The van der Waals surface area contributed by atoms with Crippen molar-refractivity contribution in [3.05, 3.63) is 51.9 Å². The highest BCUT2D eigenvalue weighted by atomic mass is 79.9. The lowest BCUT2D eigenvalue weighted by molar-refractivity contribution is 0.447. The largest absolute Gasteiger partial charge is 0.438 e. The number of aromatic nitrogens is 1. The number of pyridine rings is 1. The van der Waals surface area contributed by atoms with Gasteiger partial charge in [-0.05, 0) is 53.7 Å². The summed E-state index contributed by atoms with van der Waals surface area (Å²) >= 11 is 3.44. The number of rotatable bonds is 4. The highest BCUT2D eigenvalue weighted by Gasteiger charge is 2.10. The summed E-state index contributed by atoms with van der Waals surface area (Å²) in [6.07, 6.45) is 1.15. The van der Waals surface area contributed by atoms with Gasteiger partial charge in [-0.3, -0.25) is 0 Å². The van der Waals surface area contributed by atoms with Crippen LogP contribution in [0.5, 0.6) is 11.6 Å². The summed E-state index contributed by atoms with van der Waals surface area (Å²) in [5, 5.41) is 2.96. The van der Waals surface area contributed by atoms with E-state index in [-0.39, 0.29) is 5.82 Å². The van der Waals surface area contributed by atoms with Gasteiger partial charge in [0.25, 0.3) is 0 Å². The van der Waals surface area contributed by atoms with Gasteiger partial charge < -0.3 is 10.1 Å². The molecule has 0 aliphatic carbocycles. The quantitative estimate of drug-likeness (QED) is 0.928. The summed E-state index contributed by atoms with van der Waals surface area (Å²) in [7, 11) is 1.79. The van der Waals surface area contributed by atoms with Crippen molar-refractivity contribution in [1.29, 1.82) is 0 Å². The maximum absolute atomic E-state index is 13.2. The summed E-state index contributed by atoms with van der Waals surface area (Å²) in [6, 6.07) is 7.17. The third kappa shape index (κ3) is 3.52. The van der Waals surface area contributed by atoms with Crippen LogP contribution in [0.2, 0.25) is 0 Å². The second-order valence-corrected chi connectivity index (χ2v) is 5.04. The highest BCUT2D eigenvalue weighted by molar-refractivity contribution is 9.10. The third-order valence-electron chi connectivity index (χ3n) is 2.55. The molecule has 2 aromatic rings. The van der Waals surface area contributed by atoms with Crippen molar-refractivity contribution in [1.82, 2.24) is 10.3 Å². The van der Waals surface area contributed by atoms with Crippen LogP contribution < -0.4 is 10.1 Å². The zero-order chi connectivity index (χ0) is 13.8. The highest BCUT2D eigenvalue weighted by Crippen LogP contribution is 2.31. The maximum atomic E-state index is 13.2. The van der Waals surface area contributed by atoms with E-state index in [4.69, 9.17) is 4.74 Å². The average Bonchev–Trinajstić information content (AvgIpc) is 2.36. The molecule has 0 saturated carbocycles. The number of nitrogens with one attached hydrogen (secondary N) is 1. The van der Waals surface area contributed by atoms with E-state index >= 15 is 0 Å². The lowest BCUT2D eigenvalue weighted by Gasteiger charge is -2.11. The zero-order valence-electron chi connectivity index (χ0n) is 10.7. The number of hydrogen-bond acceptors (Lipinski definition) is 3. The fraction of sp³-hybridized carbons (Fsp3) is 0.214. The molecule has 1 heterocycles. The van der Waals surface area contributed by atoms with E-state index in [0.29, 0.717) is 23.7 Å². The number of benzene rings is 1. The molecule has 5 heteroatoms. The minimum absolute atomic E-state index is 0.374. The Morgan fingerprint density at radius 3 is 2.84 bits per heavy atom. The van der Waals surface area contributed by atoms with Crippen LogP contribution in [0.15, 0.2) is 34.9 Å². The molecule has 0 bridgehead atoms. The lowest BCUT2D eigenvalue weighted by atomic mass is 10.2. The van der Waals surface area contributed by atoms with Crippen molar-refractivity contribution >= 4 is 15.9 Å². The van der Waals surface area contributed by atoms with Crippen molar-refractivity contribution in [3.8, 4) is 11.6 Å². The molecule has 0 amide bonds. The first kappa shape index (κ1) is 14.0. The normalized spacial score (nSPS) is 10.5. The Kier molecular flexibility index (Phi) is 4.50. The molecular formula is C14H14BrFN2O. The summed E-state index contributed by atoms with van der Waals surface area (Å²) in [5.74, 6) is 0.683. The van der Waals surface area contributed by atoms with Crippen LogP contribution in [0.25, 0.3) is 0 Å². The number of nitrogens with zero attached hydrogens (tertiary/aromatic N) is 1. The van der Waals surface area contributed by atoms with Crippen LogP contribution in [-0.4, -0.2) is 12.0 Å². The van der Waals surface area contributed by atoms with Gasteiger partial charge in [0.05, 0.1) is 10.7 Å².